The Kier molecular flexibility index (Phi) is 6.22. The number of halogens is 2. The molecule has 0 aliphatic heterocycles. The number of aliphatic imine (C=N–C) groups is 1. The fraction of sp³-hybridized carbons (Fsp3) is 0.778. The van der Waals surface area contributed by atoms with Gasteiger partial charge in [-0.25, -0.2) is 0 Å². The third-order valence-electron chi connectivity index (χ3n) is 2.22. The van der Waals surface area contributed by atoms with Crippen molar-refractivity contribution in [2.45, 2.75) is 35.6 Å². The summed E-state index contributed by atoms with van der Waals surface area (Å²) in [6.07, 6.45) is 4.86. The fourth-order valence-corrected chi connectivity index (χ4v) is 3.16. The van der Waals surface area contributed by atoms with Crippen LogP contribution in [0.5, 0.6) is 0 Å². The highest BCUT2D eigenvalue weighted by molar-refractivity contribution is 14.1. The van der Waals surface area contributed by atoms with E-state index in [2.05, 4.69) is 33.7 Å². The Morgan fingerprint density at radius 1 is 1.57 bits per heavy atom. The highest BCUT2D eigenvalue weighted by Crippen LogP contribution is 2.28. The van der Waals surface area contributed by atoms with Gasteiger partial charge in [-0.05, 0) is 12.8 Å². The minimum atomic E-state index is 0.328. The summed E-state index contributed by atoms with van der Waals surface area (Å²) in [5, 5.41) is 9.75. The zero-order valence-corrected chi connectivity index (χ0v) is 11.5. The molecule has 1 rings (SSSR count). The van der Waals surface area contributed by atoms with Gasteiger partial charge in [-0.15, -0.1) is 11.6 Å². The van der Waals surface area contributed by atoms with E-state index in [-0.39, 0.29) is 0 Å². The monoisotopic (exact) mass is 342 g/mol. The van der Waals surface area contributed by atoms with Crippen LogP contribution < -0.4 is 0 Å². The summed E-state index contributed by atoms with van der Waals surface area (Å²) < 4.78 is 0.584. The molecular formula is C9H12ClIN2S. The molecule has 0 aromatic heterocycles. The first kappa shape index (κ1) is 12.6. The summed E-state index contributed by atoms with van der Waals surface area (Å²) in [4.78, 5) is 4.45. The van der Waals surface area contributed by atoms with Gasteiger partial charge in [0.1, 0.15) is 6.07 Å². The molecule has 0 unspecified atom stereocenters. The van der Waals surface area contributed by atoms with E-state index in [1.807, 2.05) is 0 Å². The van der Waals surface area contributed by atoms with Crippen LogP contribution in [0, 0.1) is 11.3 Å². The van der Waals surface area contributed by atoms with Crippen LogP contribution in [0.4, 0.5) is 0 Å². The molecule has 1 aliphatic rings. The molecule has 0 amide bonds. The Hall–Kier alpha value is 0.530. The second kappa shape index (κ2) is 6.91. The number of nitriles is 1. The average Bonchev–Trinajstić information content (AvgIpc) is 2.20. The Bertz CT molecular complexity index is 252. The lowest BCUT2D eigenvalue weighted by molar-refractivity contribution is 0.467. The molecule has 0 N–H and O–H groups in total. The quantitative estimate of drug-likeness (QED) is 0.333. The van der Waals surface area contributed by atoms with Crippen LogP contribution in [-0.2, 0) is 0 Å². The normalized spacial score (nSPS) is 28.5. The molecule has 0 bridgehead atoms. The average molecular weight is 343 g/mol. The van der Waals surface area contributed by atoms with Gasteiger partial charge in [0.15, 0.2) is 5.04 Å². The Morgan fingerprint density at radius 3 is 2.86 bits per heavy atom. The molecule has 1 aliphatic carbocycles. The molecule has 0 radical (unpaired) electrons. The van der Waals surface area contributed by atoms with Gasteiger partial charge < -0.3 is 0 Å². The van der Waals surface area contributed by atoms with Crippen molar-refractivity contribution in [3.8, 4) is 6.07 Å². The Morgan fingerprint density at radius 2 is 2.29 bits per heavy atom. The van der Waals surface area contributed by atoms with Gasteiger partial charge >= 0.3 is 0 Å². The van der Waals surface area contributed by atoms with Gasteiger partial charge in [0.25, 0.3) is 0 Å². The number of hydrogen-bond acceptors (Lipinski definition) is 3. The van der Waals surface area contributed by atoms with Crippen molar-refractivity contribution >= 4 is 51.0 Å². The molecule has 0 saturated heterocycles. The van der Waals surface area contributed by atoms with Gasteiger partial charge in [0.05, 0.1) is 11.3 Å². The van der Waals surface area contributed by atoms with E-state index < -0.39 is 0 Å². The molecule has 2 atom stereocenters. The molecule has 0 heterocycles. The lowest BCUT2D eigenvalue weighted by Gasteiger charge is -2.23. The zero-order chi connectivity index (χ0) is 10.4. The first-order chi connectivity index (χ1) is 6.77. The molecule has 5 heteroatoms. The maximum Gasteiger partial charge on any atom is 0.170 e. The van der Waals surface area contributed by atoms with Crippen LogP contribution in [0.1, 0.15) is 25.7 Å². The standard InChI is InChI=1S/C9H12ClIN2S/c10-6-14-9(5-12)13-8-4-2-1-3-7(8)11/h7-8H,1-4,6H2/t7-,8-/m1/s1. The zero-order valence-electron chi connectivity index (χ0n) is 7.75. The highest BCUT2D eigenvalue weighted by atomic mass is 127. The van der Waals surface area contributed by atoms with E-state index >= 15 is 0 Å². The molecular weight excluding hydrogens is 331 g/mol. The summed E-state index contributed by atoms with van der Waals surface area (Å²) in [6, 6.07) is 2.42. The minimum Gasteiger partial charge on any atom is -0.264 e. The second-order valence-corrected chi connectivity index (χ2v) is 6.32. The second-order valence-electron chi connectivity index (χ2n) is 3.17. The van der Waals surface area contributed by atoms with Crippen molar-refractivity contribution < 1.29 is 0 Å². The van der Waals surface area contributed by atoms with E-state index in [0.29, 0.717) is 20.2 Å². The van der Waals surface area contributed by atoms with Crippen molar-refractivity contribution in [2.75, 3.05) is 5.21 Å². The van der Waals surface area contributed by atoms with Crippen LogP contribution in [-0.4, -0.2) is 20.2 Å². The highest BCUT2D eigenvalue weighted by Gasteiger charge is 2.22. The lowest BCUT2D eigenvalue weighted by atomic mass is 9.96. The van der Waals surface area contributed by atoms with Gasteiger partial charge in [0.2, 0.25) is 0 Å². The van der Waals surface area contributed by atoms with Crippen molar-refractivity contribution in [3.63, 3.8) is 0 Å². The lowest BCUT2D eigenvalue weighted by Crippen LogP contribution is -2.23. The summed E-state index contributed by atoms with van der Waals surface area (Å²) in [7, 11) is 0. The van der Waals surface area contributed by atoms with E-state index in [4.69, 9.17) is 16.9 Å². The fourth-order valence-electron chi connectivity index (χ4n) is 1.51. The Balaban J connectivity index is 2.58. The summed E-state index contributed by atoms with van der Waals surface area (Å²) in [5.41, 5.74) is 0. The van der Waals surface area contributed by atoms with Gasteiger partial charge in [0, 0.05) is 3.92 Å². The maximum atomic E-state index is 8.81. The van der Waals surface area contributed by atoms with Crippen LogP contribution >= 0.6 is 46.0 Å². The van der Waals surface area contributed by atoms with Crippen molar-refractivity contribution in [1.29, 1.82) is 5.26 Å². The summed E-state index contributed by atoms with van der Waals surface area (Å²) in [5.74, 6) is 0. The van der Waals surface area contributed by atoms with E-state index in [1.165, 1.54) is 31.0 Å². The summed E-state index contributed by atoms with van der Waals surface area (Å²) in [6.45, 7) is 0. The number of thioether (sulfide) groups is 1. The molecule has 1 fully saturated rings. The third-order valence-corrected chi connectivity index (χ3v) is 4.58. The predicted octanol–water partition coefficient (Wildman–Crippen LogP) is 3.58. The predicted molar refractivity (Wildman–Crippen MR) is 71.4 cm³/mol. The van der Waals surface area contributed by atoms with E-state index in [9.17, 15) is 0 Å². The smallest absolute Gasteiger partial charge is 0.170 e. The third kappa shape index (κ3) is 3.95. The number of hydrogen-bond donors (Lipinski definition) is 0. The molecule has 2 nitrogen and oxygen atoms in total. The SMILES string of the molecule is N#CC(=N[C@@H]1CCCC[C@H]1I)SCCl. The summed E-state index contributed by atoms with van der Waals surface area (Å²) >= 11 is 9.32. The van der Waals surface area contributed by atoms with Gasteiger partial charge in [-0.2, -0.15) is 5.26 Å². The topological polar surface area (TPSA) is 36.1 Å². The van der Waals surface area contributed by atoms with Crippen molar-refractivity contribution in [3.05, 3.63) is 0 Å². The molecule has 0 aromatic carbocycles. The first-order valence-corrected chi connectivity index (χ1v) is 7.35. The largest absolute Gasteiger partial charge is 0.264 e. The first-order valence-electron chi connectivity index (χ1n) is 4.58. The minimum absolute atomic E-state index is 0.328. The van der Waals surface area contributed by atoms with Crippen LogP contribution in [0.2, 0.25) is 0 Å². The molecule has 1 saturated carbocycles. The maximum absolute atomic E-state index is 8.81. The number of alkyl halides is 2. The van der Waals surface area contributed by atoms with Gasteiger partial charge in [-0.3, -0.25) is 4.99 Å². The number of rotatable bonds is 2. The van der Waals surface area contributed by atoms with Crippen molar-refractivity contribution in [1.82, 2.24) is 0 Å². The Labute approximate surface area is 108 Å². The molecule has 14 heavy (non-hydrogen) atoms. The van der Waals surface area contributed by atoms with Crippen molar-refractivity contribution in [2.24, 2.45) is 4.99 Å². The molecule has 0 aromatic rings. The molecule has 78 valence electrons. The molecule has 0 spiro atoms. The van der Waals surface area contributed by atoms with Crippen LogP contribution in [0.25, 0.3) is 0 Å². The van der Waals surface area contributed by atoms with Gasteiger partial charge in [-0.1, -0.05) is 47.2 Å². The van der Waals surface area contributed by atoms with E-state index in [0.717, 1.165) is 6.42 Å². The van der Waals surface area contributed by atoms with E-state index in [1.54, 1.807) is 0 Å². The van der Waals surface area contributed by atoms with Crippen LogP contribution in [0.15, 0.2) is 4.99 Å². The number of nitrogens with zero attached hydrogens (tertiary/aromatic N) is 2. The van der Waals surface area contributed by atoms with Crippen LogP contribution in [0.3, 0.4) is 0 Å².